The van der Waals surface area contributed by atoms with Crippen LogP contribution in [0.3, 0.4) is 0 Å². The van der Waals surface area contributed by atoms with Gasteiger partial charge in [0, 0.05) is 0 Å². The largest absolute Gasteiger partial charge is 0.481 e. The molecule has 0 radical (unpaired) electrons. The predicted molar refractivity (Wildman–Crippen MR) is 32.3 cm³/mol. The van der Waals surface area contributed by atoms with Crippen molar-refractivity contribution in [3.8, 4) is 0 Å². The molecule has 2 fully saturated rings. The lowest BCUT2D eigenvalue weighted by Gasteiger charge is -2.08. The van der Waals surface area contributed by atoms with Crippen LogP contribution in [0, 0.1) is 11.8 Å². The van der Waals surface area contributed by atoms with Crippen molar-refractivity contribution in [1.82, 2.24) is 0 Å². The lowest BCUT2D eigenvalue weighted by molar-refractivity contribution is -0.144. The number of rotatable bonds is 1. The first-order valence-corrected chi connectivity index (χ1v) is 3.56. The molecule has 0 heterocycles. The Labute approximate surface area is 58.0 Å². The number of hydrogen-bond donors (Lipinski definition) is 1. The Morgan fingerprint density at radius 2 is 2.30 bits per heavy atom. The molecule has 0 aromatic carbocycles. The van der Waals surface area contributed by atoms with Gasteiger partial charge in [-0.2, -0.15) is 0 Å². The van der Waals surface area contributed by atoms with Gasteiger partial charge in [-0.1, -0.05) is 0 Å². The molecule has 1 N–H and O–H groups in total. The molecule has 0 aliphatic heterocycles. The Hall–Kier alpha value is -0.600. The van der Waals surface area contributed by atoms with Gasteiger partial charge in [-0.15, -0.1) is 0 Å². The molecule has 2 rings (SSSR count). The minimum absolute atomic E-state index is 0.0774. The summed E-state index contributed by atoms with van der Waals surface area (Å²) in [6.07, 6.45) is 1.80. The minimum Gasteiger partial charge on any atom is -0.481 e. The highest BCUT2D eigenvalue weighted by molar-refractivity contribution is 5.73. The molecule has 0 saturated heterocycles. The molecular formula is C7H9FO2. The molecule has 56 valence electrons. The molecule has 3 atom stereocenters. The topological polar surface area (TPSA) is 37.3 Å². The Bertz CT molecular complexity index is 190. The van der Waals surface area contributed by atoms with Crippen LogP contribution in [-0.4, -0.2) is 16.7 Å². The van der Waals surface area contributed by atoms with Crippen molar-refractivity contribution < 1.29 is 14.3 Å². The second kappa shape index (κ2) is 1.52. The molecule has 0 bridgehead atoms. The number of alkyl halides is 1. The maximum Gasteiger partial charge on any atom is 0.309 e. The summed E-state index contributed by atoms with van der Waals surface area (Å²) in [4.78, 5) is 10.4. The zero-order valence-electron chi connectivity index (χ0n) is 5.51. The normalized spacial score (nSPS) is 50.5. The van der Waals surface area contributed by atoms with E-state index >= 15 is 0 Å². The molecule has 10 heavy (non-hydrogen) atoms. The molecule has 0 amide bonds. The minimum atomic E-state index is -1.30. The molecule has 2 saturated carbocycles. The number of fused-ring (bicyclic) bond motifs is 1. The van der Waals surface area contributed by atoms with Crippen molar-refractivity contribution in [2.75, 3.05) is 0 Å². The third-order valence-corrected chi connectivity index (χ3v) is 2.76. The molecule has 2 nitrogen and oxygen atoms in total. The first-order valence-electron chi connectivity index (χ1n) is 3.56. The van der Waals surface area contributed by atoms with Gasteiger partial charge >= 0.3 is 5.97 Å². The van der Waals surface area contributed by atoms with Gasteiger partial charge in [0.1, 0.15) is 5.67 Å². The van der Waals surface area contributed by atoms with Gasteiger partial charge in [-0.05, 0) is 25.2 Å². The van der Waals surface area contributed by atoms with Crippen molar-refractivity contribution >= 4 is 5.97 Å². The molecular weight excluding hydrogens is 135 g/mol. The first kappa shape index (κ1) is 6.13. The summed E-state index contributed by atoms with van der Waals surface area (Å²) in [6.45, 7) is 0. The van der Waals surface area contributed by atoms with Crippen LogP contribution in [0.5, 0.6) is 0 Å². The lowest BCUT2D eigenvalue weighted by Crippen LogP contribution is -2.23. The summed E-state index contributed by atoms with van der Waals surface area (Å²) in [5.41, 5.74) is -1.30. The molecule has 2 aliphatic carbocycles. The fraction of sp³-hybridized carbons (Fsp3) is 0.857. The van der Waals surface area contributed by atoms with E-state index in [1.54, 1.807) is 0 Å². The zero-order valence-corrected chi connectivity index (χ0v) is 5.51. The summed E-state index contributed by atoms with van der Waals surface area (Å²) in [5.74, 6) is -1.58. The molecule has 2 aliphatic rings. The van der Waals surface area contributed by atoms with Crippen LogP contribution >= 0.6 is 0 Å². The highest BCUT2D eigenvalue weighted by Gasteiger charge is 2.66. The smallest absolute Gasteiger partial charge is 0.309 e. The van der Waals surface area contributed by atoms with Crippen LogP contribution in [0.15, 0.2) is 0 Å². The van der Waals surface area contributed by atoms with Crippen LogP contribution < -0.4 is 0 Å². The van der Waals surface area contributed by atoms with E-state index in [4.69, 9.17) is 5.11 Å². The van der Waals surface area contributed by atoms with Gasteiger partial charge in [0.2, 0.25) is 0 Å². The summed E-state index contributed by atoms with van der Waals surface area (Å²) in [6, 6.07) is 0. The number of aliphatic carboxylic acids is 1. The van der Waals surface area contributed by atoms with Crippen LogP contribution in [0.25, 0.3) is 0 Å². The van der Waals surface area contributed by atoms with Crippen molar-refractivity contribution in [2.45, 2.75) is 24.9 Å². The lowest BCUT2D eigenvalue weighted by atomic mass is 10.0. The third kappa shape index (κ3) is 0.554. The van der Waals surface area contributed by atoms with E-state index in [-0.39, 0.29) is 5.92 Å². The van der Waals surface area contributed by atoms with E-state index in [9.17, 15) is 9.18 Å². The molecule has 0 spiro atoms. The average molecular weight is 144 g/mol. The van der Waals surface area contributed by atoms with E-state index in [0.717, 1.165) is 6.42 Å². The molecule has 0 aromatic heterocycles. The van der Waals surface area contributed by atoms with Crippen LogP contribution in [0.1, 0.15) is 19.3 Å². The van der Waals surface area contributed by atoms with Crippen molar-refractivity contribution in [1.29, 1.82) is 0 Å². The van der Waals surface area contributed by atoms with Crippen molar-refractivity contribution in [3.63, 3.8) is 0 Å². The third-order valence-electron chi connectivity index (χ3n) is 2.76. The van der Waals surface area contributed by atoms with E-state index in [1.807, 2.05) is 0 Å². The van der Waals surface area contributed by atoms with Crippen LogP contribution in [0.2, 0.25) is 0 Å². The second-order valence-corrected chi connectivity index (χ2v) is 3.30. The monoisotopic (exact) mass is 144 g/mol. The Kier molecular flexibility index (Phi) is 0.932. The summed E-state index contributed by atoms with van der Waals surface area (Å²) >= 11 is 0. The quantitative estimate of drug-likeness (QED) is 0.600. The fourth-order valence-corrected chi connectivity index (χ4v) is 2.02. The molecule has 3 heteroatoms. The average Bonchev–Trinajstić information content (AvgIpc) is 2.35. The van der Waals surface area contributed by atoms with Crippen LogP contribution in [0.4, 0.5) is 4.39 Å². The van der Waals surface area contributed by atoms with E-state index in [1.165, 1.54) is 0 Å². The Balaban J connectivity index is 2.17. The standard InChI is InChI=1S/C7H9FO2/c8-7-3-4(7)1-2-5(7)6(9)10/h4-5H,1-3H2,(H,9,10). The SMILES string of the molecule is O=C(O)C1CCC2CC21F. The van der Waals surface area contributed by atoms with Gasteiger partial charge in [-0.3, -0.25) is 4.79 Å². The van der Waals surface area contributed by atoms with E-state index in [2.05, 4.69) is 0 Å². The van der Waals surface area contributed by atoms with Gasteiger partial charge in [0.05, 0.1) is 5.92 Å². The number of carboxylic acids is 1. The van der Waals surface area contributed by atoms with Gasteiger partial charge < -0.3 is 5.11 Å². The summed E-state index contributed by atoms with van der Waals surface area (Å²) < 4.78 is 13.2. The number of carboxylic acid groups (broad SMARTS) is 1. The number of hydrogen-bond acceptors (Lipinski definition) is 1. The van der Waals surface area contributed by atoms with E-state index < -0.39 is 17.6 Å². The maximum atomic E-state index is 13.2. The highest BCUT2D eigenvalue weighted by Crippen LogP contribution is 2.61. The number of halogens is 1. The Morgan fingerprint density at radius 1 is 1.60 bits per heavy atom. The van der Waals surface area contributed by atoms with Crippen molar-refractivity contribution in [2.24, 2.45) is 11.8 Å². The fourth-order valence-electron chi connectivity index (χ4n) is 2.02. The molecule has 0 aromatic rings. The van der Waals surface area contributed by atoms with E-state index in [0.29, 0.717) is 12.8 Å². The second-order valence-electron chi connectivity index (χ2n) is 3.30. The Morgan fingerprint density at radius 3 is 2.50 bits per heavy atom. The van der Waals surface area contributed by atoms with Crippen LogP contribution in [-0.2, 0) is 4.79 Å². The predicted octanol–water partition coefficient (Wildman–Crippen LogP) is 1.21. The maximum absolute atomic E-state index is 13.2. The summed E-state index contributed by atoms with van der Waals surface area (Å²) in [5, 5.41) is 8.54. The van der Waals surface area contributed by atoms with Gasteiger partial charge in [0.25, 0.3) is 0 Å². The van der Waals surface area contributed by atoms with Gasteiger partial charge in [0.15, 0.2) is 0 Å². The first-order chi connectivity index (χ1) is 4.64. The zero-order chi connectivity index (χ0) is 7.35. The highest BCUT2D eigenvalue weighted by atomic mass is 19.1. The van der Waals surface area contributed by atoms with Crippen molar-refractivity contribution in [3.05, 3.63) is 0 Å². The van der Waals surface area contributed by atoms with Gasteiger partial charge in [-0.25, -0.2) is 4.39 Å². The number of carbonyl (C=O) groups is 1. The summed E-state index contributed by atoms with van der Waals surface area (Å²) in [7, 11) is 0. The molecule has 3 unspecified atom stereocenters.